The Morgan fingerprint density at radius 3 is 2.59 bits per heavy atom. The zero-order chi connectivity index (χ0) is 23.0. The van der Waals surface area contributed by atoms with Crippen molar-refractivity contribution in [1.29, 1.82) is 0 Å². The number of carboxylic acids is 1. The normalized spacial score (nSPS) is 23.1. The van der Waals surface area contributed by atoms with E-state index in [4.69, 9.17) is 4.74 Å². The Labute approximate surface area is 189 Å². The van der Waals surface area contributed by atoms with Gasteiger partial charge in [0.1, 0.15) is 29.8 Å². The molecule has 1 aliphatic carbocycles. The van der Waals surface area contributed by atoms with Crippen molar-refractivity contribution in [3.63, 3.8) is 0 Å². The fourth-order valence-corrected chi connectivity index (χ4v) is 5.18. The number of anilines is 1. The first-order chi connectivity index (χ1) is 15.3. The standard InChI is InChI=1S/C22H25N3O6S/c1-12-11-32-20-17(19(27)25(20)18(12)21(28)29)23-16(26)10-24(15-6-4-3-5-7-15)22(30)31-13(2)14-8-9-14/h3-7,13-14,17,20H,8-11H2,1-2H3,(H,23,26)(H,28,29)/t13?,17?,20-/m0/s1. The van der Waals surface area contributed by atoms with Gasteiger partial charge in [0.05, 0.1) is 0 Å². The number of amides is 3. The topological polar surface area (TPSA) is 116 Å². The predicted molar refractivity (Wildman–Crippen MR) is 118 cm³/mol. The van der Waals surface area contributed by atoms with E-state index in [1.54, 1.807) is 37.3 Å². The number of hydrogen-bond donors (Lipinski definition) is 2. The number of ether oxygens (including phenoxy) is 1. The van der Waals surface area contributed by atoms with Crippen LogP contribution in [0.1, 0.15) is 26.7 Å². The highest BCUT2D eigenvalue weighted by atomic mass is 32.2. The monoisotopic (exact) mass is 459 g/mol. The molecule has 9 nitrogen and oxygen atoms in total. The number of para-hydroxylation sites is 1. The molecular formula is C22H25N3O6S. The van der Waals surface area contributed by atoms with Crippen LogP contribution < -0.4 is 10.2 Å². The third-order valence-corrected chi connectivity index (χ3v) is 7.26. The molecule has 0 aromatic heterocycles. The Bertz CT molecular complexity index is 977. The number of nitrogens with one attached hydrogen (secondary N) is 1. The number of carboxylic acid groups (broad SMARTS) is 1. The van der Waals surface area contributed by atoms with Crippen molar-refractivity contribution in [3.8, 4) is 0 Å². The third kappa shape index (κ3) is 4.32. The maximum absolute atomic E-state index is 12.8. The highest BCUT2D eigenvalue weighted by Gasteiger charge is 2.53. The molecule has 1 saturated heterocycles. The summed E-state index contributed by atoms with van der Waals surface area (Å²) in [4.78, 5) is 52.2. The third-order valence-electron chi connectivity index (χ3n) is 5.84. The van der Waals surface area contributed by atoms with Gasteiger partial charge in [-0.25, -0.2) is 9.59 Å². The van der Waals surface area contributed by atoms with E-state index >= 15 is 0 Å². The average Bonchev–Trinajstić information content (AvgIpc) is 3.61. The molecule has 32 heavy (non-hydrogen) atoms. The van der Waals surface area contributed by atoms with Crippen LogP contribution in [0.4, 0.5) is 10.5 Å². The molecule has 1 aromatic rings. The molecule has 3 aliphatic rings. The van der Waals surface area contributed by atoms with Gasteiger partial charge in [-0.1, -0.05) is 18.2 Å². The van der Waals surface area contributed by atoms with Crippen LogP contribution in [0.2, 0.25) is 0 Å². The number of β-lactam (4-membered cyclic amide) rings is 1. The lowest BCUT2D eigenvalue weighted by Gasteiger charge is -2.49. The summed E-state index contributed by atoms with van der Waals surface area (Å²) >= 11 is 1.40. The molecule has 3 atom stereocenters. The zero-order valence-corrected chi connectivity index (χ0v) is 18.6. The second kappa shape index (κ2) is 8.85. The number of thioether (sulfide) groups is 1. The summed E-state index contributed by atoms with van der Waals surface area (Å²) in [5.41, 5.74) is 1.10. The minimum absolute atomic E-state index is 0.0206. The van der Waals surface area contributed by atoms with Gasteiger partial charge in [0, 0.05) is 11.4 Å². The van der Waals surface area contributed by atoms with E-state index in [1.165, 1.54) is 21.6 Å². The van der Waals surface area contributed by atoms with Gasteiger partial charge in [-0.15, -0.1) is 11.8 Å². The first-order valence-electron chi connectivity index (χ1n) is 10.5. The van der Waals surface area contributed by atoms with Crippen molar-refractivity contribution in [2.75, 3.05) is 17.2 Å². The summed E-state index contributed by atoms with van der Waals surface area (Å²) in [5, 5.41) is 11.6. The number of nitrogens with zero attached hydrogens (tertiary/aromatic N) is 2. The van der Waals surface area contributed by atoms with Crippen molar-refractivity contribution >= 4 is 41.3 Å². The van der Waals surface area contributed by atoms with Crippen molar-refractivity contribution < 1.29 is 29.0 Å². The van der Waals surface area contributed by atoms with Gasteiger partial charge in [0.25, 0.3) is 5.91 Å². The molecule has 2 N–H and O–H groups in total. The van der Waals surface area contributed by atoms with Gasteiger partial charge < -0.3 is 15.2 Å². The quantitative estimate of drug-likeness (QED) is 0.601. The molecule has 1 aromatic carbocycles. The van der Waals surface area contributed by atoms with Crippen LogP contribution in [-0.2, 0) is 19.1 Å². The number of benzene rings is 1. The van der Waals surface area contributed by atoms with Crippen molar-refractivity contribution in [2.45, 2.75) is 44.2 Å². The minimum atomic E-state index is -1.16. The molecule has 10 heteroatoms. The van der Waals surface area contributed by atoms with Crippen molar-refractivity contribution in [3.05, 3.63) is 41.6 Å². The Balaban J connectivity index is 1.43. The Kier molecular flexibility index (Phi) is 6.14. The second-order valence-corrected chi connectivity index (χ2v) is 9.34. The first-order valence-corrected chi connectivity index (χ1v) is 11.5. The maximum Gasteiger partial charge on any atom is 0.415 e. The van der Waals surface area contributed by atoms with Gasteiger partial charge in [-0.2, -0.15) is 0 Å². The number of fused-ring (bicyclic) bond motifs is 1. The Morgan fingerprint density at radius 2 is 1.97 bits per heavy atom. The number of carbonyl (C=O) groups is 4. The minimum Gasteiger partial charge on any atom is -0.477 e. The van der Waals surface area contributed by atoms with E-state index in [9.17, 15) is 24.3 Å². The van der Waals surface area contributed by atoms with Crippen LogP contribution >= 0.6 is 11.8 Å². The molecule has 170 valence electrons. The molecule has 2 heterocycles. The SMILES string of the molecule is CC1=C(C(=O)O)N2C(=O)C(NC(=O)CN(C(=O)OC(C)C3CC3)c3ccccc3)[C@@H]2SC1. The first kappa shape index (κ1) is 22.2. The smallest absolute Gasteiger partial charge is 0.415 e. The highest BCUT2D eigenvalue weighted by molar-refractivity contribution is 8.00. The number of aliphatic carboxylic acids is 1. The summed E-state index contributed by atoms with van der Waals surface area (Å²) < 4.78 is 5.55. The summed E-state index contributed by atoms with van der Waals surface area (Å²) in [6.07, 6.45) is 1.19. The molecule has 0 spiro atoms. The molecule has 2 fully saturated rings. The number of carbonyl (C=O) groups excluding carboxylic acids is 3. The van der Waals surface area contributed by atoms with Gasteiger partial charge >= 0.3 is 12.1 Å². The predicted octanol–water partition coefficient (Wildman–Crippen LogP) is 2.19. The zero-order valence-electron chi connectivity index (χ0n) is 17.8. The number of rotatable bonds is 7. The average molecular weight is 460 g/mol. The Morgan fingerprint density at radius 1 is 1.28 bits per heavy atom. The molecule has 1 saturated carbocycles. The molecule has 4 rings (SSSR count). The van der Waals surface area contributed by atoms with Gasteiger partial charge in [0.2, 0.25) is 5.91 Å². The van der Waals surface area contributed by atoms with Crippen molar-refractivity contribution in [1.82, 2.24) is 10.2 Å². The molecule has 0 radical (unpaired) electrons. The van der Waals surface area contributed by atoms with Crippen LogP contribution in [-0.4, -0.2) is 63.7 Å². The lowest BCUT2D eigenvalue weighted by Crippen LogP contribution is -2.71. The molecule has 2 aliphatic heterocycles. The molecule has 2 unspecified atom stereocenters. The number of hydrogen-bond acceptors (Lipinski definition) is 6. The summed E-state index contributed by atoms with van der Waals surface area (Å²) in [6, 6.07) is 7.89. The summed E-state index contributed by atoms with van der Waals surface area (Å²) in [7, 11) is 0. The lowest BCUT2D eigenvalue weighted by atomic mass is 10.0. The van der Waals surface area contributed by atoms with E-state index in [1.807, 2.05) is 6.92 Å². The molecule has 3 amide bonds. The van der Waals surface area contributed by atoms with Crippen LogP contribution in [0.15, 0.2) is 41.6 Å². The van der Waals surface area contributed by atoms with Gasteiger partial charge in [-0.3, -0.25) is 19.4 Å². The van der Waals surface area contributed by atoms with Crippen LogP contribution in [0, 0.1) is 5.92 Å². The van der Waals surface area contributed by atoms with E-state index in [2.05, 4.69) is 5.32 Å². The second-order valence-electron chi connectivity index (χ2n) is 8.24. The van der Waals surface area contributed by atoms with Crippen LogP contribution in [0.5, 0.6) is 0 Å². The van der Waals surface area contributed by atoms with Gasteiger partial charge in [0.15, 0.2) is 0 Å². The van der Waals surface area contributed by atoms with Crippen molar-refractivity contribution in [2.24, 2.45) is 5.92 Å². The maximum atomic E-state index is 12.8. The van der Waals surface area contributed by atoms with E-state index in [0.717, 1.165) is 12.8 Å². The van der Waals surface area contributed by atoms with Crippen LogP contribution in [0.3, 0.4) is 0 Å². The fraction of sp³-hybridized carbons (Fsp3) is 0.455. The largest absolute Gasteiger partial charge is 0.477 e. The summed E-state index contributed by atoms with van der Waals surface area (Å²) in [6.45, 7) is 3.20. The van der Waals surface area contributed by atoms with Gasteiger partial charge in [-0.05, 0) is 50.3 Å². The van der Waals surface area contributed by atoms with Crippen LogP contribution in [0.25, 0.3) is 0 Å². The van der Waals surface area contributed by atoms with E-state index in [0.29, 0.717) is 22.9 Å². The van der Waals surface area contributed by atoms with E-state index in [-0.39, 0.29) is 18.3 Å². The fourth-order valence-electron chi connectivity index (χ4n) is 3.89. The van der Waals surface area contributed by atoms with E-state index < -0.39 is 35.3 Å². The lowest BCUT2D eigenvalue weighted by molar-refractivity contribution is -0.150. The highest BCUT2D eigenvalue weighted by Crippen LogP contribution is 2.40. The molecular weight excluding hydrogens is 434 g/mol. The Hall–Kier alpha value is -3.01. The summed E-state index contributed by atoms with van der Waals surface area (Å²) in [5.74, 6) is -1.33. The molecule has 0 bridgehead atoms.